The second-order valence-corrected chi connectivity index (χ2v) is 4.19. The zero-order chi connectivity index (χ0) is 14.6. The van der Waals surface area contributed by atoms with Gasteiger partial charge < -0.3 is 16.2 Å². The van der Waals surface area contributed by atoms with Gasteiger partial charge in [-0.3, -0.25) is 4.79 Å². The molecule has 4 N–H and O–H groups in total. The standard InChI is InChI=1S/C12H15F3N2O2.ClH/c1-7-2-4-8(5-3-7)10(16)11(19)17-6-9(18)12(13,14)15;/h2-5,9-10,18H,6,16H2,1H3,(H,17,19);1H. The predicted octanol–water partition coefficient (Wildman–Crippen LogP) is 1.46. The van der Waals surface area contributed by atoms with Crippen molar-refractivity contribution in [2.75, 3.05) is 6.54 Å². The highest BCUT2D eigenvalue weighted by Crippen LogP contribution is 2.19. The Bertz CT molecular complexity index is 437. The van der Waals surface area contributed by atoms with E-state index in [0.29, 0.717) is 5.56 Å². The van der Waals surface area contributed by atoms with E-state index in [1.165, 1.54) is 0 Å². The van der Waals surface area contributed by atoms with Crippen LogP contribution in [-0.4, -0.2) is 29.8 Å². The van der Waals surface area contributed by atoms with Crippen molar-refractivity contribution >= 4 is 18.3 Å². The summed E-state index contributed by atoms with van der Waals surface area (Å²) in [6, 6.07) is 5.67. The first-order valence-corrected chi connectivity index (χ1v) is 5.56. The second kappa shape index (κ2) is 7.47. The number of nitrogens with two attached hydrogens (primary N) is 1. The lowest BCUT2D eigenvalue weighted by Gasteiger charge is -2.17. The number of hydrogen-bond donors (Lipinski definition) is 3. The Labute approximate surface area is 120 Å². The number of carbonyl (C=O) groups excluding carboxylic acids is 1. The molecule has 1 rings (SSSR count). The number of hydrogen-bond acceptors (Lipinski definition) is 3. The molecule has 0 aromatic heterocycles. The summed E-state index contributed by atoms with van der Waals surface area (Å²) in [4.78, 5) is 11.5. The molecule has 1 aromatic carbocycles. The number of carbonyl (C=O) groups is 1. The Balaban J connectivity index is 0.00000361. The molecule has 0 radical (unpaired) electrons. The van der Waals surface area contributed by atoms with E-state index in [9.17, 15) is 18.0 Å². The fourth-order valence-electron chi connectivity index (χ4n) is 1.35. The minimum atomic E-state index is -4.76. The summed E-state index contributed by atoms with van der Waals surface area (Å²) < 4.78 is 36.1. The number of benzene rings is 1. The zero-order valence-corrected chi connectivity index (χ0v) is 11.5. The van der Waals surface area contributed by atoms with Crippen LogP contribution in [0, 0.1) is 6.92 Å². The maximum absolute atomic E-state index is 12.0. The van der Waals surface area contributed by atoms with Gasteiger partial charge in [-0.05, 0) is 12.5 Å². The first-order chi connectivity index (χ1) is 8.71. The van der Waals surface area contributed by atoms with Gasteiger partial charge in [0.25, 0.3) is 0 Å². The lowest BCUT2D eigenvalue weighted by Crippen LogP contribution is -2.43. The maximum Gasteiger partial charge on any atom is 0.416 e. The van der Waals surface area contributed by atoms with E-state index >= 15 is 0 Å². The van der Waals surface area contributed by atoms with Crippen molar-refractivity contribution in [3.63, 3.8) is 0 Å². The average molecular weight is 313 g/mol. The molecule has 0 saturated carbocycles. The van der Waals surface area contributed by atoms with E-state index in [4.69, 9.17) is 10.8 Å². The third-order valence-electron chi connectivity index (χ3n) is 2.57. The highest BCUT2D eigenvalue weighted by Gasteiger charge is 2.38. The molecule has 0 fully saturated rings. The third kappa shape index (κ3) is 5.36. The summed E-state index contributed by atoms with van der Waals surface area (Å²) >= 11 is 0. The fourth-order valence-corrected chi connectivity index (χ4v) is 1.35. The van der Waals surface area contributed by atoms with Crippen LogP contribution in [0.4, 0.5) is 13.2 Å². The van der Waals surface area contributed by atoms with Gasteiger partial charge in [-0.15, -0.1) is 12.4 Å². The summed E-state index contributed by atoms with van der Waals surface area (Å²) in [6.07, 6.45) is -7.36. The Morgan fingerprint density at radius 1 is 1.35 bits per heavy atom. The van der Waals surface area contributed by atoms with Gasteiger partial charge in [-0.1, -0.05) is 29.8 Å². The highest BCUT2D eigenvalue weighted by molar-refractivity contribution is 5.85. The lowest BCUT2D eigenvalue weighted by molar-refractivity contribution is -0.201. The number of halogens is 4. The molecule has 114 valence electrons. The summed E-state index contributed by atoms with van der Waals surface area (Å²) in [6.45, 7) is 0.941. The van der Waals surface area contributed by atoms with Gasteiger partial charge in [0.15, 0.2) is 6.10 Å². The SMILES string of the molecule is Cc1ccc(C(N)C(=O)NCC(O)C(F)(F)F)cc1.Cl. The van der Waals surface area contributed by atoms with Gasteiger partial charge >= 0.3 is 6.18 Å². The molecule has 0 spiro atoms. The Morgan fingerprint density at radius 2 is 1.85 bits per heavy atom. The largest absolute Gasteiger partial charge is 0.416 e. The number of amides is 1. The summed E-state index contributed by atoms with van der Waals surface area (Å²) in [5, 5.41) is 10.7. The van der Waals surface area contributed by atoms with Crippen molar-refractivity contribution in [2.45, 2.75) is 25.2 Å². The van der Waals surface area contributed by atoms with Crippen LogP contribution in [0.1, 0.15) is 17.2 Å². The lowest BCUT2D eigenvalue weighted by atomic mass is 10.1. The molecule has 1 aromatic rings. The van der Waals surface area contributed by atoms with Gasteiger partial charge in [0, 0.05) is 0 Å². The molecular formula is C12H16ClF3N2O2. The number of nitrogens with one attached hydrogen (secondary N) is 1. The number of aliphatic hydroxyl groups excluding tert-OH is 1. The van der Waals surface area contributed by atoms with Crippen molar-refractivity contribution < 1.29 is 23.1 Å². The third-order valence-corrected chi connectivity index (χ3v) is 2.57. The Hall–Kier alpha value is -1.31. The first kappa shape index (κ1) is 18.7. The molecule has 1 amide bonds. The van der Waals surface area contributed by atoms with Crippen LogP contribution >= 0.6 is 12.4 Å². The minimum Gasteiger partial charge on any atom is -0.382 e. The van der Waals surface area contributed by atoms with E-state index in [0.717, 1.165) is 5.56 Å². The van der Waals surface area contributed by atoms with E-state index in [1.807, 2.05) is 12.2 Å². The Kier molecular flexibility index (Phi) is 6.98. The second-order valence-electron chi connectivity index (χ2n) is 4.19. The van der Waals surface area contributed by atoms with Gasteiger partial charge in [0.05, 0.1) is 6.54 Å². The molecule has 2 unspecified atom stereocenters. The fraction of sp³-hybridized carbons (Fsp3) is 0.417. The van der Waals surface area contributed by atoms with E-state index in [1.54, 1.807) is 24.3 Å². The molecule has 2 atom stereocenters. The van der Waals surface area contributed by atoms with Crippen LogP contribution in [-0.2, 0) is 4.79 Å². The van der Waals surface area contributed by atoms with Crippen LogP contribution in [0.3, 0.4) is 0 Å². The summed E-state index contributed by atoms with van der Waals surface area (Å²) in [5.74, 6) is -0.771. The quantitative estimate of drug-likeness (QED) is 0.788. The highest BCUT2D eigenvalue weighted by atomic mass is 35.5. The molecule has 0 aliphatic rings. The van der Waals surface area contributed by atoms with Crippen molar-refractivity contribution in [2.24, 2.45) is 5.73 Å². The van der Waals surface area contributed by atoms with E-state index in [2.05, 4.69) is 0 Å². The van der Waals surface area contributed by atoms with Crippen molar-refractivity contribution in [1.29, 1.82) is 0 Å². The van der Waals surface area contributed by atoms with E-state index in [-0.39, 0.29) is 12.4 Å². The van der Waals surface area contributed by atoms with Crippen LogP contribution in [0.15, 0.2) is 24.3 Å². The van der Waals surface area contributed by atoms with Crippen LogP contribution in [0.5, 0.6) is 0 Å². The summed E-state index contributed by atoms with van der Waals surface area (Å²) in [7, 11) is 0. The maximum atomic E-state index is 12.0. The first-order valence-electron chi connectivity index (χ1n) is 5.56. The number of aliphatic hydroxyl groups is 1. The monoisotopic (exact) mass is 312 g/mol. The molecule has 20 heavy (non-hydrogen) atoms. The molecule has 8 heteroatoms. The average Bonchev–Trinajstić information content (AvgIpc) is 2.34. The van der Waals surface area contributed by atoms with Crippen LogP contribution < -0.4 is 11.1 Å². The predicted molar refractivity (Wildman–Crippen MR) is 70.4 cm³/mol. The van der Waals surface area contributed by atoms with Crippen molar-refractivity contribution in [1.82, 2.24) is 5.32 Å². The Morgan fingerprint density at radius 3 is 2.30 bits per heavy atom. The van der Waals surface area contributed by atoms with E-state index < -0.39 is 30.8 Å². The molecule has 0 aliphatic carbocycles. The topological polar surface area (TPSA) is 75.4 Å². The minimum absolute atomic E-state index is 0. The molecule has 0 heterocycles. The summed E-state index contributed by atoms with van der Waals surface area (Å²) in [5.41, 5.74) is 7.08. The van der Waals surface area contributed by atoms with Gasteiger partial charge in [0.2, 0.25) is 5.91 Å². The molecule has 0 saturated heterocycles. The molecular weight excluding hydrogens is 297 g/mol. The van der Waals surface area contributed by atoms with Gasteiger partial charge in [-0.2, -0.15) is 13.2 Å². The number of aryl methyl sites for hydroxylation is 1. The number of alkyl halides is 3. The zero-order valence-electron chi connectivity index (χ0n) is 10.6. The molecule has 0 bridgehead atoms. The van der Waals surface area contributed by atoms with Crippen LogP contribution in [0.2, 0.25) is 0 Å². The van der Waals surface area contributed by atoms with Crippen LogP contribution in [0.25, 0.3) is 0 Å². The normalized spacial score (nSPS) is 14.1. The van der Waals surface area contributed by atoms with Crippen molar-refractivity contribution in [3.8, 4) is 0 Å². The number of rotatable bonds is 4. The van der Waals surface area contributed by atoms with Gasteiger partial charge in [-0.25, -0.2) is 0 Å². The van der Waals surface area contributed by atoms with Crippen molar-refractivity contribution in [3.05, 3.63) is 35.4 Å². The smallest absolute Gasteiger partial charge is 0.382 e. The van der Waals surface area contributed by atoms with Gasteiger partial charge in [0.1, 0.15) is 6.04 Å². The molecule has 4 nitrogen and oxygen atoms in total. The molecule has 0 aliphatic heterocycles.